The first kappa shape index (κ1) is 20.9. The minimum absolute atomic E-state index is 0.0234. The van der Waals surface area contributed by atoms with Crippen molar-refractivity contribution in [3.05, 3.63) is 65.0 Å². The van der Waals surface area contributed by atoms with Crippen LogP contribution in [0.4, 0.5) is 4.39 Å². The summed E-state index contributed by atoms with van der Waals surface area (Å²) in [6.45, 7) is 10.9. The van der Waals surface area contributed by atoms with Crippen molar-refractivity contribution < 1.29 is 8.82 Å². The summed E-state index contributed by atoms with van der Waals surface area (Å²) in [6.07, 6.45) is 3.83. The van der Waals surface area contributed by atoms with Crippen LogP contribution in [0.5, 0.6) is 0 Å². The van der Waals surface area contributed by atoms with Crippen LogP contribution in [0.1, 0.15) is 31.9 Å². The zero-order valence-corrected chi connectivity index (χ0v) is 19.6. The molecule has 0 spiro atoms. The molecule has 3 heterocycles. The molecule has 155 valence electrons. The van der Waals surface area contributed by atoms with Crippen molar-refractivity contribution in [2.24, 2.45) is 5.41 Å². The van der Waals surface area contributed by atoms with Crippen molar-refractivity contribution in [3.63, 3.8) is 0 Å². The van der Waals surface area contributed by atoms with Gasteiger partial charge in [0.15, 0.2) is 0 Å². The Hall–Kier alpha value is -2.35. The van der Waals surface area contributed by atoms with Gasteiger partial charge in [0.2, 0.25) is 9.04 Å². The number of nitrogens with zero attached hydrogens (tertiary/aromatic N) is 3. The Labute approximate surface area is 182 Å². The highest BCUT2D eigenvalue weighted by Crippen LogP contribution is 2.39. The van der Waals surface area contributed by atoms with E-state index in [0.29, 0.717) is 11.3 Å². The van der Waals surface area contributed by atoms with Crippen LogP contribution in [0.25, 0.3) is 28.2 Å². The van der Waals surface area contributed by atoms with Crippen LogP contribution in [0.2, 0.25) is 13.1 Å². The average Bonchev–Trinajstić information content (AvgIpc) is 3.32. The van der Waals surface area contributed by atoms with Crippen LogP contribution in [-0.4, -0.2) is 23.4 Å². The molecule has 4 nitrogen and oxygen atoms in total. The maximum absolute atomic E-state index is 14.1. The van der Waals surface area contributed by atoms with Crippen LogP contribution in [0, 0.1) is 11.2 Å². The Bertz CT molecular complexity index is 1180. The van der Waals surface area contributed by atoms with Crippen molar-refractivity contribution in [1.82, 2.24) is 14.4 Å². The van der Waals surface area contributed by atoms with E-state index >= 15 is 0 Å². The molecule has 0 aliphatic carbocycles. The van der Waals surface area contributed by atoms with Crippen molar-refractivity contribution in [3.8, 4) is 22.5 Å². The summed E-state index contributed by atoms with van der Waals surface area (Å²) in [5.74, 6) is -0.272. The molecule has 1 unspecified atom stereocenters. The first-order valence-electron chi connectivity index (χ1n) is 9.88. The summed E-state index contributed by atoms with van der Waals surface area (Å²) >= 11 is 1.64. The molecule has 0 bridgehead atoms. The Balaban J connectivity index is 1.68. The molecule has 3 aromatic heterocycles. The predicted octanol–water partition coefficient (Wildman–Crippen LogP) is 6.62. The number of hydrogen-bond donors (Lipinski definition) is 0. The van der Waals surface area contributed by atoms with Crippen molar-refractivity contribution in [1.29, 1.82) is 0 Å². The van der Waals surface area contributed by atoms with Crippen LogP contribution < -0.4 is 0 Å². The van der Waals surface area contributed by atoms with Crippen LogP contribution in [0.3, 0.4) is 0 Å². The molecule has 4 aromatic rings. The lowest BCUT2D eigenvalue weighted by Crippen LogP contribution is -2.25. The smallest absolute Gasteiger partial charge is 0.206 e. The largest absolute Gasteiger partial charge is 0.407 e. The van der Waals surface area contributed by atoms with E-state index in [1.165, 1.54) is 6.07 Å². The lowest BCUT2D eigenvalue weighted by molar-refractivity contribution is 0.0864. The quantitative estimate of drug-likeness (QED) is 0.329. The van der Waals surface area contributed by atoms with Gasteiger partial charge in [0.05, 0.1) is 11.4 Å². The molecule has 4 rings (SSSR count). The van der Waals surface area contributed by atoms with Gasteiger partial charge in [-0.05, 0) is 42.8 Å². The minimum atomic E-state index is -0.849. The second kappa shape index (κ2) is 8.06. The molecular weight excluding hydrogens is 413 g/mol. The second-order valence-corrected chi connectivity index (χ2v) is 11.6. The average molecular weight is 439 g/mol. The van der Waals surface area contributed by atoms with Gasteiger partial charge in [-0.3, -0.25) is 0 Å². The van der Waals surface area contributed by atoms with Gasteiger partial charge in [-0.1, -0.05) is 32.9 Å². The molecule has 7 heteroatoms. The maximum atomic E-state index is 14.1. The zero-order valence-electron chi connectivity index (χ0n) is 17.8. The van der Waals surface area contributed by atoms with Gasteiger partial charge in [0.1, 0.15) is 22.6 Å². The fourth-order valence-corrected chi connectivity index (χ4v) is 5.44. The predicted molar refractivity (Wildman–Crippen MR) is 122 cm³/mol. The lowest BCUT2D eigenvalue weighted by atomic mass is 9.89. The Morgan fingerprint density at radius 2 is 1.80 bits per heavy atom. The maximum Gasteiger partial charge on any atom is 0.206 e. The zero-order chi connectivity index (χ0) is 21.5. The number of aromatic nitrogens is 3. The number of fused-ring (bicyclic) bond motifs is 1. The molecule has 0 fully saturated rings. The van der Waals surface area contributed by atoms with E-state index in [9.17, 15) is 4.39 Å². The van der Waals surface area contributed by atoms with E-state index in [0.717, 1.165) is 21.9 Å². The molecule has 0 saturated heterocycles. The number of hydrogen-bond acceptors (Lipinski definition) is 4. The lowest BCUT2D eigenvalue weighted by Gasteiger charge is -2.30. The molecule has 0 N–H and O–H groups in total. The Kier molecular flexibility index (Phi) is 5.61. The second-order valence-electron chi connectivity index (χ2n) is 8.63. The highest BCUT2D eigenvalue weighted by Gasteiger charge is 2.30. The van der Waals surface area contributed by atoms with Gasteiger partial charge >= 0.3 is 0 Å². The van der Waals surface area contributed by atoms with E-state index in [1.54, 1.807) is 23.5 Å². The minimum Gasteiger partial charge on any atom is -0.407 e. The van der Waals surface area contributed by atoms with Crippen LogP contribution in [-0.2, 0) is 4.43 Å². The van der Waals surface area contributed by atoms with Crippen LogP contribution in [0.15, 0.2) is 54.2 Å². The summed E-state index contributed by atoms with van der Waals surface area (Å²) < 4.78 is 22.4. The van der Waals surface area contributed by atoms with E-state index in [2.05, 4.69) is 44.2 Å². The summed E-state index contributed by atoms with van der Waals surface area (Å²) in [5.41, 5.74) is 3.77. The number of imidazole rings is 1. The van der Waals surface area contributed by atoms with E-state index in [4.69, 9.17) is 9.41 Å². The number of pyridine rings is 1. The van der Waals surface area contributed by atoms with E-state index < -0.39 is 9.04 Å². The molecule has 1 aromatic carbocycles. The molecular formula is C23H25FN3OSSi. The number of halogens is 1. The van der Waals surface area contributed by atoms with Crippen molar-refractivity contribution in [2.75, 3.05) is 0 Å². The highest BCUT2D eigenvalue weighted by molar-refractivity contribution is 7.10. The molecule has 0 aliphatic heterocycles. The monoisotopic (exact) mass is 438 g/mol. The third kappa shape index (κ3) is 4.24. The fourth-order valence-electron chi connectivity index (χ4n) is 3.32. The standard InChI is InChI=1S/C23H25FN3OSSi/c1-23(2,3)21(28-30(4)5)22-26-19(14-29-22)15-10-11-20-25-18(13-27(20)12-15)16-8-6-7-9-17(16)24/h6-14,21H,1-5H3. The molecule has 0 saturated carbocycles. The Morgan fingerprint density at radius 3 is 2.50 bits per heavy atom. The van der Waals surface area contributed by atoms with Gasteiger partial charge in [0.25, 0.3) is 0 Å². The third-order valence-electron chi connectivity index (χ3n) is 4.78. The van der Waals surface area contributed by atoms with Crippen molar-refractivity contribution in [2.45, 2.75) is 40.0 Å². The van der Waals surface area contributed by atoms with Gasteiger partial charge in [-0.2, -0.15) is 0 Å². The molecule has 30 heavy (non-hydrogen) atoms. The van der Waals surface area contributed by atoms with Crippen molar-refractivity contribution >= 4 is 26.0 Å². The van der Waals surface area contributed by atoms with Gasteiger partial charge in [-0.15, -0.1) is 11.3 Å². The number of benzene rings is 1. The molecule has 0 amide bonds. The summed E-state index contributed by atoms with van der Waals surface area (Å²) in [4.78, 5) is 9.47. The van der Waals surface area contributed by atoms with Gasteiger partial charge < -0.3 is 8.83 Å². The molecule has 1 atom stereocenters. The van der Waals surface area contributed by atoms with Crippen LogP contribution >= 0.6 is 11.3 Å². The summed E-state index contributed by atoms with van der Waals surface area (Å²) in [6, 6.07) is 10.6. The topological polar surface area (TPSA) is 39.4 Å². The fraction of sp³-hybridized carbons (Fsp3) is 0.304. The number of thiazole rings is 1. The first-order valence-corrected chi connectivity index (χ1v) is 13.2. The van der Waals surface area contributed by atoms with Gasteiger partial charge in [0, 0.05) is 28.9 Å². The highest BCUT2D eigenvalue weighted by atomic mass is 32.1. The summed E-state index contributed by atoms with van der Waals surface area (Å²) in [7, 11) is -0.849. The SMILES string of the molecule is C[Si](C)OC(c1nc(-c2ccc3nc(-c4ccccc4F)cn3c2)cs1)C(C)(C)C. The first-order chi connectivity index (χ1) is 14.2. The molecule has 1 radical (unpaired) electrons. The number of rotatable bonds is 5. The van der Waals surface area contributed by atoms with Gasteiger partial charge in [-0.25, -0.2) is 14.4 Å². The Morgan fingerprint density at radius 1 is 1.03 bits per heavy atom. The normalized spacial score (nSPS) is 13.3. The van der Waals surface area contributed by atoms with E-state index in [1.807, 2.05) is 35.0 Å². The van der Waals surface area contributed by atoms with E-state index in [-0.39, 0.29) is 17.3 Å². The summed E-state index contributed by atoms with van der Waals surface area (Å²) in [5, 5.41) is 3.08. The third-order valence-corrected chi connectivity index (χ3v) is 6.38. The molecule has 0 aliphatic rings.